The molecule has 2 aromatic heterocycles. The zero-order valence-electron chi connectivity index (χ0n) is 20.1. The first-order chi connectivity index (χ1) is 15.5. The highest BCUT2D eigenvalue weighted by atomic mass is 35.5. The Morgan fingerprint density at radius 2 is 1.73 bits per heavy atom. The normalized spacial score (nSPS) is 16.6. The Morgan fingerprint density at radius 3 is 2.42 bits per heavy atom. The summed E-state index contributed by atoms with van der Waals surface area (Å²) in [5, 5.41) is 1.16. The molecule has 33 heavy (non-hydrogen) atoms. The third kappa shape index (κ3) is 4.11. The second kappa shape index (κ2) is 9.35. The summed E-state index contributed by atoms with van der Waals surface area (Å²) >= 11 is 0. The van der Waals surface area contributed by atoms with E-state index in [2.05, 4.69) is 66.5 Å². The third-order valence-electron chi connectivity index (χ3n) is 7.35. The molecular formula is C26H34ClN5O. The maximum absolute atomic E-state index is 13.5. The second-order valence-electron chi connectivity index (χ2n) is 9.22. The molecule has 1 saturated heterocycles. The molecule has 4 heterocycles. The van der Waals surface area contributed by atoms with Gasteiger partial charge in [-0.1, -0.05) is 24.3 Å². The molecule has 1 fully saturated rings. The van der Waals surface area contributed by atoms with Crippen molar-refractivity contribution in [2.45, 2.75) is 40.3 Å². The van der Waals surface area contributed by atoms with Gasteiger partial charge in [-0.3, -0.25) is 4.79 Å². The lowest BCUT2D eigenvalue weighted by molar-refractivity contribution is 0.0658. The zero-order valence-corrected chi connectivity index (χ0v) is 20.9. The monoisotopic (exact) mass is 467 g/mol. The lowest BCUT2D eigenvalue weighted by atomic mass is 10.00. The van der Waals surface area contributed by atoms with E-state index < -0.39 is 0 Å². The van der Waals surface area contributed by atoms with Gasteiger partial charge in [0.2, 0.25) is 0 Å². The van der Waals surface area contributed by atoms with Gasteiger partial charge in [-0.25, -0.2) is 4.98 Å². The molecular weight excluding hydrogens is 434 g/mol. The highest BCUT2D eigenvalue weighted by Crippen LogP contribution is 2.35. The molecule has 7 heteroatoms. The van der Waals surface area contributed by atoms with Crippen molar-refractivity contribution in [2.75, 3.05) is 44.7 Å². The lowest BCUT2D eigenvalue weighted by Crippen LogP contribution is -2.47. The number of piperazine rings is 1. The average Bonchev–Trinajstić information content (AvgIpc) is 3.07. The van der Waals surface area contributed by atoms with Crippen molar-refractivity contribution in [2.24, 2.45) is 0 Å². The third-order valence-corrected chi connectivity index (χ3v) is 7.35. The SMILES string of the molecule is CCn1c(C)c(C)c2cc(C(=O)N3CCN(C)CC3)nc(N3CCc4ccccc4C3)c21.Cl. The lowest BCUT2D eigenvalue weighted by Gasteiger charge is -2.33. The fourth-order valence-electron chi connectivity index (χ4n) is 5.22. The predicted molar refractivity (Wildman–Crippen MR) is 137 cm³/mol. The van der Waals surface area contributed by atoms with E-state index in [1.165, 1.54) is 22.4 Å². The van der Waals surface area contributed by atoms with Gasteiger partial charge in [0, 0.05) is 56.9 Å². The van der Waals surface area contributed by atoms with Gasteiger partial charge in [0.25, 0.3) is 5.91 Å². The molecule has 0 unspecified atom stereocenters. The summed E-state index contributed by atoms with van der Waals surface area (Å²) in [6.45, 7) is 12.5. The Balaban J connectivity index is 0.00000259. The predicted octanol–water partition coefficient (Wildman–Crippen LogP) is 4.05. The van der Waals surface area contributed by atoms with Gasteiger partial charge < -0.3 is 19.3 Å². The summed E-state index contributed by atoms with van der Waals surface area (Å²) in [6.07, 6.45) is 1.00. The number of hydrogen-bond donors (Lipinski definition) is 0. The maximum Gasteiger partial charge on any atom is 0.272 e. The number of anilines is 1. The summed E-state index contributed by atoms with van der Waals surface area (Å²) < 4.78 is 2.36. The van der Waals surface area contributed by atoms with E-state index in [9.17, 15) is 4.79 Å². The van der Waals surface area contributed by atoms with E-state index in [0.717, 1.165) is 69.0 Å². The smallest absolute Gasteiger partial charge is 0.272 e. The Labute approximate surface area is 202 Å². The number of benzene rings is 1. The minimum absolute atomic E-state index is 0. The largest absolute Gasteiger partial charge is 0.350 e. The Kier molecular flexibility index (Phi) is 6.68. The van der Waals surface area contributed by atoms with Crippen molar-refractivity contribution in [1.82, 2.24) is 19.4 Å². The van der Waals surface area contributed by atoms with Gasteiger partial charge in [-0.2, -0.15) is 0 Å². The summed E-state index contributed by atoms with van der Waals surface area (Å²) in [6, 6.07) is 10.7. The summed E-state index contributed by atoms with van der Waals surface area (Å²) in [7, 11) is 2.11. The standard InChI is InChI=1S/C26H33N5O.ClH/c1-5-31-19(3)18(2)22-16-23(26(32)29-14-12-28(4)13-15-29)27-25(24(22)31)30-11-10-20-8-6-7-9-21(20)17-30;/h6-9,16H,5,10-15,17H2,1-4H3;1H. The fraction of sp³-hybridized carbons (Fsp3) is 0.462. The van der Waals surface area contributed by atoms with Crippen molar-refractivity contribution in [1.29, 1.82) is 0 Å². The first kappa shape index (κ1) is 23.6. The van der Waals surface area contributed by atoms with Crippen LogP contribution in [0.25, 0.3) is 10.9 Å². The minimum atomic E-state index is 0. The topological polar surface area (TPSA) is 44.6 Å². The van der Waals surface area contributed by atoms with E-state index in [4.69, 9.17) is 4.98 Å². The molecule has 2 aliphatic heterocycles. The van der Waals surface area contributed by atoms with Crippen LogP contribution in [0.2, 0.25) is 0 Å². The van der Waals surface area contributed by atoms with Crippen LogP contribution in [0.5, 0.6) is 0 Å². The number of hydrogen-bond acceptors (Lipinski definition) is 4. The fourth-order valence-corrected chi connectivity index (χ4v) is 5.22. The maximum atomic E-state index is 13.5. The van der Waals surface area contributed by atoms with Crippen LogP contribution in [-0.2, 0) is 19.5 Å². The molecule has 176 valence electrons. The zero-order chi connectivity index (χ0) is 22.4. The van der Waals surface area contributed by atoms with E-state index in [1.54, 1.807) is 0 Å². The molecule has 0 atom stereocenters. The van der Waals surface area contributed by atoms with Gasteiger partial charge in [0.05, 0.1) is 5.52 Å². The van der Waals surface area contributed by atoms with Gasteiger partial charge in [-0.05, 0) is 57.0 Å². The molecule has 0 aliphatic carbocycles. The molecule has 0 saturated carbocycles. The highest BCUT2D eigenvalue weighted by Gasteiger charge is 2.27. The molecule has 5 rings (SSSR count). The van der Waals surface area contributed by atoms with E-state index in [1.807, 2.05) is 11.0 Å². The van der Waals surface area contributed by atoms with Crippen LogP contribution in [0.4, 0.5) is 5.82 Å². The van der Waals surface area contributed by atoms with Crippen LogP contribution in [-0.4, -0.2) is 65.0 Å². The second-order valence-corrected chi connectivity index (χ2v) is 9.22. The molecule has 1 aromatic carbocycles. The van der Waals surface area contributed by atoms with Crippen molar-refractivity contribution >= 4 is 35.0 Å². The van der Waals surface area contributed by atoms with Gasteiger partial charge in [0.1, 0.15) is 5.69 Å². The molecule has 0 bridgehead atoms. The van der Waals surface area contributed by atoms with Crippen LogP contribution in [0, 0.1) is 13.8 Å². The summed E-state index contributed by atoms with van der Waals surface area (Å²) in [5.41, 5.74) is 7.02. The minimum Gasteiger partial charge on any atom is -0.350 e. The molecule has 0 N–H and O–H groups in total. The first-order valence-electron chi connectivity index (χ1n) is 11.8. The van der Waals surface area contributed by atoms with E-state index >= 15 is 0 Å². The van der Waals surface area contributed by atoms with Crippen LogP contribution in [0.1, 0.15) is 39.8 Å². The van der Waals surface area contributed by atoms with Crippen molar-refractivity contribution in [3.63, 3.8) is 0 Å². The molecule has 2 aliphatic rings. The number of aryl methyl sites for hydroxylation is 2. The summed E-state index contributed by atoms with van der Waals surface area (Å²) in [4.78, 5) is 25.1. The number of rotatable bonds is 3. The Morgan fingerprint density at radius 1 is 1.03 bits per heavy atom. The van der Waals surface area contributed by atoms with E-state index in [0.29, 0.717) is 5.69 Å². The van der Waals surface area contributed by atoms with Crippen LogP contribution in [0.15, 0.2) is 30.3 Å². The number of carbonyl (C=O) groups excluding carboxylic acids is 1. The number of halogens is 1. The summed E-state index contributed by atoms with van der Waals surface area (Å²) in [5.74, 6) is 1.01. The van der Waals surface area contributed by atoms with Crippen LogP contribution >= 0.6 is 12.4 Å². The van der Waals surface area contributed by atoms with Crippen molar-refractivity contribution in [3.8, 4) is 0 Å². The molecule has 0 spiro atoms. The quantitative estimate of drug-likeness (QED) is 0.583. The number of pyridine rings is 1. The van der Waals surface area contributed by atoms with Gasteiger partial charge in [0.15, 0.2) is 5.82 Å². The van der Waals surface area contributed by atoms with Gasteiger partial charge in [-0.15, -0.1) is 12.4 Å². The van der Waals surface area contributed by atoms with E-state index in [-0.39, 0.29) is 18.3 Å². The molecule has 0 radical (unpaired) electrons. The number of nitrogens with zero attached hydrogens (tertiary/aromatic N) is 5. The number of likely N-dealkylation sites (N-methyl/N-ethyl adjacent to an activating group) is 1. The average molecular weight is 468 g/mol. The number of carbonyl (C=O) groups is 1. The number of amides is 1. The van der Waals surface area contributed by atoms with Gasteiger partial charge >= 0.3 is 0 Å². The molecule has 6 nitrogen and oxygen atoms in total. The van der Waals surface area contributed by atoms with Crippen LogP contribution in [0.3, 0.4) is 0 Å². The number of fused-ring (bicyclic) bond motifs is 2. The van der Waals surface area contributed by atoms with Crippen molar-refractivity contribution in [3.05, 3.63) is 58.4 Å². The Hall–Kier alpha value is -2.57. The highest BCUT2D eigenvalue weighted by molar-refractivity contribution is 6.01. The first-order valence-corrected chi connectivity index (χ1v) is 11.8. The molecule has 3 aromatic rings. The van der Waals surface area contributed by atoms with Crippen molar-refractivity contribution < 1.29 is 4.79 Å². The van der Waals surface area contributed by atoms with Crippen LogP contribution < -0.4 is 4.90 Å². The number of aromatic nitrogens is 2. The Bertz CT molecular complexity index is 1180. The molecule has 1 amide bonds.